The molecule has 0 heterocycles. The molecule has 9 heteroatoms. The van der Waals surface area contributed by atoms with Crippen LogP contribution in [0.1, 0.15) is 17.3 Å². The molecule has 0 aliphatic rings. The molecule has 0 saturated carbocycles. The lowest BCUT2D eigenvalue weighted by molar-refractivity contribution is -0.120. The molecule has 0 aromatic heterocycles. The van der Waals surface area contributed by atoms with Crippen LogP contribution >= 0.6 is 0 Å². The smallest absolute Gasteiger partial charge is 0.338 e. The van der Waals surface area contributed by atoms with Crippen molar-refractivity contribution in [3.63, 3.8) is 0 Å². The van der Waals surface area contributed by atoms with Gasteiger partial charge < -0.3 is 14.2 Å². The Bertz CT molecular complexity index is 670. The minimum Gasteiger partial charge on any atom is -0.495 e. The summed E-state index contributed by atoms with van der Waals surface area (Å²) in [5, 5.41) is 0. The van der Waals surface area contributed by atoms with Gasteiger partial charge in [-0.25, -0.2) is 17.9 Å². The van der Waals surface area contributed by atoms with E-state index in [2.05, 4.69) is 4.72 Å². The van der Waals surface area contributed by atoms with E-state index >= 15 is 0 Å². The molecule has 0 spiro atoms. The lowest BCUT2D eigenvalue weighted by atomic mass is 10.2. The quantitative estimate of drug-likeness (QED) is 0.509. The van der Waals surface area contributed by atoms with E-state index in [-0.39, 0.29) is 41.8 Å². The zero-order valence-electron chi connectivity index (χ0n) is 13.1. The van der Waals surface area contributed by atoms with E-state index in [1.54, 1.807) is 0 Å². The number of carbonyl (C=O) groups excluding carboxylic acids is 2. The van der Waals surface area contributed by atoms with Crippen molar-refractivity contribution in [3.8, 4) is 5.75 Å². The zero-order valence-corrected chi connectivity index (χ0v) is 13.9. The highest BCUT2D eigenvalue weighted by Crippen LogP contribution is 2.25. The number of rotatable bonds is 9. The molecule has 0 fully saturated rings. The molecular formula is C14H19NO7S. The summed E-state index contributed by atoms with van der Waals surface area (Å²) in [7, 11) is -1.13. The first-order valence-electron chi connectivity index (χ1n) is 6.65. The molecule has 23 heavy (non-hydrogen) atoms. The van der Waals surface area contributed by atoms with Gasteiger partial charge in [0.05, 0.1) is 19.3 Å². The monoisotopic (exact) mass is 345 g/mol. The molecule has 1 rings (SSSR count). The second-order valence-corrected chi connectivity index (χ2v) is 6.27. The molecule has 0 atom stereocenters. The standard InChI is InChI=1S/C14H19NO7S/c1-10(16)9-22-14(17)11-4-5-12(21-3)13(8-11)23(18,19)15-6-7-20-2/h4-5,8,15H,6-7,9H2,1-3H3. The number of esters is 1. The number of Topliss-reactive ketones (excluding diaryl/α,β-unsaturated/α-hetero) is 1. The number of hydrogen-bond acceptors (Lipinski definition) is 7. The Kier molecular flexibility index (Phi) is 7.14. The molecule has 1 aromatic carbocycles. The molecule has 1 aromatic rings. The van der Waals surface area contributed by atoms with Gasteiger partial charge in [-0.3, -0.25) is 4.79 Å². The Labute approximate surface area is 134 Å². The van der Waals surface area contributed by atoms with Crippen LogP contribution in [0, 0.1) is 0 Å². The van der Waals surface area contributed by atoms with Crippen molar-refractivity contribution in [1.29, 1.82) is 0 Å². The van der Waals surface area contributed by atoms with Gasteiger partial charge in [0.15, 0.2) is 5.78 Å². The molecule has 0 unspecified atom stereocenters. The van der Waals surface area contributed by atoms with Crippen molar-refractivity contribution in [2.24, 2.45) is 0 Å². The lowest BCUT2D eigenvalue weighted by Crippen LogP contribution is -2.27. The minimum absolute atomic E-state index is 0.000772. The van der Waals surface area contributed by atoms with Gasteiger partial charge >= 0.3 is 5.97 Å². The number of methoxy groups -OCH3 is 2. The van der Waals surface area contributed by atoms with Gasteiger partial charge in [-0.15, -0.1) is 0 Å². The molecule has 1 N–H and O–H groups in total. The summed E-state index contributed by atoms with van der Waals surface area (Å²) in [6, 6.07) is 3.83. The van der Waals surface area contributed by atoms with Crippen LogP contribution in [0.4, 0.5) is 0 Å². The topological polar surface area (TPSA) is 108 Å². The predicted octanol–water partition coefficient (Wildman–Crippen LogP) is 0.366. The highest BCUT2D eigenvalue weighted by Gasteiger charge is 2.22. The van der Waals surface area contributed by atoms with Crippen LogP contribution in [0.3, 0.4) is 0 Å². The third-order valence-electron chi connectivity index (χ3n) is 2.69. The fourth-order valence-electron chi connectivity index (χ4n) is 1.62. The van der Waals surface area contributed by atoms with E-state index in [4.69, 9.17) is 14.2 Å². The van der Waals surface area contributed by atoms with Crippen LogP contribution in [-0.2, 0) is 24.3 Å². The van der Waals surface area contributed by atoms with Crippen molar-refractivity contribution >= 4 is 21.8 Å². The van der Waals surface area contributed by atoms with Crippen LogP contribution in [0.25, 0.3) is 0 Å². The molecule has 0 saturated heterocycles. The van der Waals surface area contributed by atoms with Crippen LogP contribution in [0.15, 0.2) is 23.1 Å². The normalized spacial score (nSPS) is 11.1. The number of ether oxygens (including phenoxy) is 3. The first-order chi connectivity index (χ1) is 10.8. The summed E-state index contributed by atoms with van der Waals surface area (Å²) in [6.45, 7) is 1.17. The van der Waals surface area contributed by atoms with Crippen molar-refractivity contribution in [2.75, 3.05) is 34.0 Å². The van der Waals surface area contributed by atoms with Gasteiger partial charge in [0.1, 0.15) is 17.3 Å². The van der Waals surface area contributed by atoms with Gasteiger partial charge in [0, 0.05) is 13.7 Å². The lowest BCUT2D eigenvalue weighted by Gasteiger charge is -2.12. The Morgan fingerprint density at radius 3 is 2.48 bits per heavy atom. The Hall–Kier alpha value is -1.97. The maximum atomic E-state index is 12.3. The first kappa shape index (κ1) is 19.1. The van der Waals surface area contributed by atoms with Crippen LogP contribution in [-0.4, -0.2) is 54.1 Å². The Morgan fingerprint density at radius 2 is 1.91 bits per heavy atom. The fraction of sp³-hybridized carbons (Fsp3) is 0.429. The van der Waals surface area contributed by atoms with E-state index in [1.807, 2.05) is 0 Å². The van der Waals surface area contributed by atoms with Crippen molar-refractivity contribution in [2.45, 2.75) is 11.8 Å². The number of hydrogen-bond donors (Lipinski definition) is 1. The van der Waals surface area contributed by atoms with E-state index in [1.165, 1.54) is 33.3 Å². The zero-order chi connectivity index (χ0) is 17.5. The predicted molar refractivity (Wildman–Crippen MR) is 81.0 cm³/mol. The third kappa shape index (κ3) is 5.62. The van der Waals surface area contributed by atoms with Gasteiger partial charge in [-0.2, -0.15) is 0 Å². The maximum Gasteiger partial charge on any atom is 0.338 e. The highest BCUT2D eigenvalue weighted by molar-refractivity contribution is 7.89. The average Bonchev–Trinajstić information content (AvgIpc) is 2.52. The maximum absolute atomic E-state index is 12.3. The molecule has 0 bridgehead atoms. The number of nitrogens with one attached hydrogen (secondary N) is 1. The molecule has 0 aliphatic carbocycles. The minimum atomic E-state index is -3.89. The molecule has 0 radical (unpaired) electrons. The third-order valence-corrected chi connectivity index (χ3v) is 4.18. The summed E-state index contributed by atoms with van der Waals surface area (Å²) < 4.78 is 41.4. The molecule has 0 amide bonds. The SMILES string of the molecule is COCCNS(=O)(=O)c1cc(C(=O)OCC(C)=O)ccc1OC. The van der Waals surface area contributed by atoms with Crippen LogP contribution in [0.5, 0.6) is 5.75 Å². The van der Waals surface area contributed by atoms with E-state index in [0.29, 0.717) is 0 Å². The number of sulfonamides is 1. The molecule has 0 aliphatic heterocycles. The summed E-state index contributed by atoms with van der Waals surface area (Å²) in [5.74, 6) is -1.03. The van der Waals surface area contributed by atoms with Gasteiger partial charge in [0.25, 0.3) is 0 Å². The molecule has 128 valence electrons. The fourth-order valence-corrected chi connectivity index (χ4v) is 2.83. The molecular weight excluding hydrogens is 326 g/mol. The van der Waals surface area contributed by atoms with Gasteiger partial charge in [-0.05, 0) is 25.1 Å². The second kappa shape index (κ2) is 8.61. The first-order valence-corrected chi connectivity index (χ1v) is 8.13. The molecule has 8 nitrogen and oxygen atoms in total. The number of ketones is 1. The number of carbonyl (C=O) groups is 2. The van der Waals surface area contributed by atoms with Crippen LogP contribution < -0.4 is 9.46 Å². The van der Waals surface area contributed by atoms with Gasteiger partial charge in [-0.1, -0.05) is 0 Å². The Balaban J connectivity index is 3.07. The van der Waals surface area contributed by atoms with Crippen LogP contribution in [0.2, 0.25) is 0 Å². The average molecular weight is 345 g/mol. The summed E-state index contributed by atoms with van der Waals surface area (Å²) in [4.78, 5) is 22.5. The number of benzene rings is 1. The van der Waals surface area contributed by atoms with E-state index in [0.717, 1.165) is 6.07 Å². The Morgan fingerprint density at radius 1 is 1.22 bits per heavy atom. The summed E-state index contributed by atoms with van der Waals surface area (Å²) >= 11 is 0. The van der Waals surface area contributed by atoms with Gasteiger partial charge in [0.2, 0.25) is 10.0 Å². The summed E-state index contributed by atoms with van der Waals surface area (Å²) in [5.41, 5.74) is -0.000772. The van der Waals surface area contributed by atoms with Crippen molar-refractivity contribution in [3.05, 3.63) is 23.8 Å². The highest BCUT2D eigenvalue weighted by atomic mass is 32.2. The summed E-state index contributed by atoms with van der Waals surface area (Å²) in [6.07, 6.45) is 0. The van der Waals surface area contributed by atoms with E-state index < -0.39 is 16.0 Å². The largest absolute Gasteiger partial charge is 0.495 e. The second-order valence-electron chi connectivity index (χ2n) is 4.53. The van der Waals surface area contributed by atoms with Crippen molar-refractivity contribution in [1.82, 2.24) is 4.72 Å². The van der Waals surface area contributed by atoms with Crippen molar-refractivity contribution < 1.29 is 32.2 Å². The van der Waals surface area contributed by atoms with E-state index in [9.17, 15) is 18.0 Å².